The summed E-state index contributed by atoms with van der Waals surface area (Å²) in [6, 6.07) is 22.5. The quantitative estimate of drug-likeness (QED) is 0.505. The molecule has 6 nitrogen and oxygen atoms in total. The van der Waals surface area contributed by atoms with Gasteiger partial charge < -0.3 is 9.47 Å². The highest BCUT2D eigenvalue weighted by Gasteiger charge is 2.14. The number of benzene rings is 3. The highest BCUT2D eigenvalue weighted by molar-refractivity contribution is 9.10. The Morgan fingerprint density at radius 2 is 1.57 bits per heavy atom. The van der Waals surface area contributed by atoms with Crippen molar-refractivity contribution in [3.63, 3.8) is 0 Å². The molecule has 0 aliphatic heterocycles. The largest absolute Gasteiger partial charge is 0.493 e. The molecular formula is C23H21BrN2O4. The molecule has 0 fully saturated rings. The fraction of sp³-hybridized carbons (Fsp3) is 0.130. The Hall–Kier alpha value is -3.32. The SMILES string of the molecule is CCOc1ccc(Br)cc1C(=O)NNC(=O)COc1ccc(-c2ccccc2)cc1. The molecule has 0 radical (unpaired) electrons. The van der Waals surface area contributed by atoms with Crippen LogP contribution in [0.3, 0.4) is 0 Å². The molecule has 0 spiro atoms. The lowest BCUT2D eigenvalue weighted by Gasteiger charge is -2.12. The van der Waals surface area contributed by atoms with E-state index in [0.29, 0.717) is 23.7 Å². The summed E-state index contributed by atoms with van der Waals surface area (Å²) in [5.41, 5.74) is 7.18. The van der Waals surface area contributed by atoms with Crippen LogP contribution in [0, 0.1) is 0 Å². The minimum Gasteiger partial charge on any atom is -0.493 e. The van der Waals surface area contributed by atoms with E-state index in [1.165, 1.54) is 0 Å². The standard InChI is InChI=1S/C23H21BrN2O4/c1-2-29-21-13-10-18(24)14-20(21)23(28)26-25-22(27)15-30-19-11-8-17(9-12-19)16-6-4-3-5-7-16/h3-14H,2,15H2,1H3,(H,25,27)(H,26,28). The molecule has 3 aromatic carbocycles. The molecule has 0 heterocycles. The first-order valence-corrected chi connectivity index (χ1v) is 10.2. The van der Waals surface area contributed by atoms with Crippen LogP contribution in [0.2, 0.25) is 0 Å². The molecule has 0 aromatic heterocycles. The summed E-state index contributed by atoms with van der Waals surface area (Å²) in [6.45, 7) is 2.02. The number of amides is 2. The highest BCUT2D eigenvalue weighted by Crippen LogP contribution is 2.23. The molecule has 0 unspecified atom stereocenters. The Bertz CT molecular complexity index is 1010. The molecule has 0 atom stereocenters. The average Bonchev–Trinajstić information content (AvgIpc) is 2.78. The van der Waals surface area contributed by atoms with Crippen molar-refractivity contribution in [1.29, 1.82) is 0 Å². The van der Waals surface area contributed by atoms with Crippen LogP contribution in [0.5, 0.6) is 11.5 Å². The maximum Gasteiger partial charge on any atom is 0.276 e. The summed E-state index contributed by atoms with van der Waals surface area (Å²) >= 11 is 3.32. The van der Waals surface area contributed by atoms with Gasteiger partial charge in [0.05, 0.1) is 12.2 Å². The van der Waals surface area contributed by atoms with Crippen molar-refractivity contribution < 1.29 is 19.1 Å². The number of nitrogens with one attached hydrogen (secondary N) is 2. The maximum atomic E-state index is 12.4. The summed E-state index contributed by atoms with van der Waals surface area (Å²) in [4.78, 5) is 24.4. The number of carbonyl (C=O) groups excluding carboxylic acids is 2. The molecule has 7 heteroatoms. The lowest BCUT2D eigenvalue weighted by atomic mass is 10.1. The van der Waals surface area contributed by atoms with Crippen molar-refractivity contribution in [2.75, 3.05) is 13.2 Å². The van der Waals surface area contributed by atoms with Crippen LogP contribution in [0.4, 0.5) is 0 Å². The monoisotopic (exact) mass is 468 g/mol. The molecule has 2 N–H and O–H groups in total. The molecule has 154 valence electrons. The molecule has 0 saturated carbocycles. The van der Waals surface area contributed by atoms with Gasteiger partial charge in [0.1, 0.15) is 11.5 Å². The minimum absolute atomic E-state index is 0.234. The van der Waals surface area contributed by atoms with Gasteiger partial charge in [-0.25, -0.2) is 0 Å². The summed E-state index contributed by atoms with van der Waals surface area (Å²) < 4.78 is 11.7. The van der Waals surface area contributed by atoms with E-state index in [2.05, 4.69) is 26.8 Å². The zero-order valence-corrected chi connectivity index (χ0v) is 17.9. The zero-order valence-electron chi connectivity index (χ0n) is 16.4. The lowest BCUT2D eigenvalue weighted by molar-refractivity contribution is -0.123. The van der Waals surface area contributed by atoms with Gasteiger partial charge in [0.25, 0.3) is 11.8 Å². The van der Waals surface area contributed by atoms with Gasteiger partial charge in [0.2, 0.25) is 0 Å². The summed E-state index contributed by atoms with van der Waals surface area (Å²) in [5, 5.41) is 0. The second-order valence-electron chi connectivity index (χ2n) is 6.25. The number of halogens is 1. The average molecular weight is 469 g/mol. The Labute approximate surface area is 183 Å². The van der Waals surface area contributed by atoms with Gasteiger partial charge in [0, 0.05) is 4.47 Å². The fourth-order valence-corrected chi connectivity index (χ4v) is 3.08. The van der Waals surface area contributed by atoms with Gasteiger partial charge in [-0.2, -0.15) is 0 Å². The zero-order chi connectivity index (χ0) is 21.3. The van der Waals surface area contributed by atoms with E-state index in [1.54, 1.807) is 30.3 Å². The first-order chi connectivity index (χ1) is 14.6. The van der Waals surface area contributed by atoms with E-state index < -0.39 is 11.8 Å². The van der Waals surface area contributed by atoms with Crippen molar-refractivity contribution in [2.45, 2.75) is 6.92 Å². The molecule has 3 rings (SSSR count). The van der Waals surface area contributed by atoms with Crippen molar-refractivity contribution in [3.8, 4) is 22.6 Å². The number of hydrogen-bond acceptors (Lipinski definition) is 4. The van der Waals surface area contributed by atoms with Crippen molar-refractivity contribution in [2.24, 2.45) is 0 Å². The van der Waals surface area contributed by atoms with Crippen molar-refractivity contribution in [1.82, 2.24) is 10.9 Å². The van der Waals surface area contributed by atoms with Crippen LogP contribution in [0.1, 0.15) is 17.3 Å². The number of hydrogen-bond donors (Lipinski definition) is 2. The van der Waals surface area contributed by atoms with Crippen LogP contribution in [-0.2, 0) is 4.79 Å². The summed E-state index contributed by atoms with van der Waals surface area (Å²) in [7, 11) is 0. The van der Waals surface area contributed by atoms with Gasteiger partial charge in [-0.1, -0.05) is 58.4 Å². The van der Waals surface area contributed by atoms with Gasteiger partial charge in [0.15, 0.2) is 6.61 Å². The van der Waals surface area contributed by atoms with Crippen LogP contribution in [0.15, 0.2) is 77.3 Å². The normalized spacial score (nSPS) is 10.2. The van der Waals surface area contributed by atoms with Gasteiger partial charge in [-0.3, -0.25) is 20.4 Å². The van der Waals surface area contributed by atoms with Crippen LogP contribution >= 0.6 is 15.9 Å². The third kappa shape index (κ3) is 5.84. The van der Waals surface area contributed by atoms with E-state index in [9.17, 15) is 9.59 Å². The first kappa shape index (κ1) is 21.4. The number of ether oxygens (including phenoxy) is 2. The fourth-order valence-electron chi connectivity index (χ4n) is 2.71. The molecule has 0 aliphatic carbocycles. The van der Waals surface area contributed by atoms with Gasteiger partial charge in [-0.15, -0.1) is 0 Å². The summed E-state index contributed by atoms with van der Waals surface area (Å²) in [5.74, 6) is 0.0211. The van der Waals surface area contributed by atoms with Crippen molar-refractivity contribution in [3.05, 3.63) is 82.8 Å². The predicted molar refractivity (Wildman–Crippen MR) is 118 cm³/mol. The van der Waals surface area contributed by atoms with E-state index in [4.69, 9.17) is 9.47 Å². The number of carbonyl (C=O) groups is 2. The molecule has 2 amide bonds. The Balaban J connectivity index is 1.50. The topological polar surface area (TPSA) is 76.7 Å². The Kier molecular flexibility index (Phi) is 7.45. The summed E-state index contributed by atoms with van der Waals surface area (Å²) in [6.07, 6.45) is 0. The molecule has 30 heavy (non-hydrogen) atoms. The second-order valence-corrected chi connectivity index (χ2v) is 7.17. The van der Waals surface area contributed by atoms with E-state index in [1.807, 2.05) is 49.4 Å². The minimum atomic E-state index is -0.486. The van der Waals surface area contributed by atoms with E-state index in [-0.39, 0.29) is 6.61 Å². The highest BCUT2D eigenvalue weighted by atomic mass is 79.9. The van der Waals surface area contributed by atoms with Crippen LogP contribution in [0.25, 0.3) is 11.1 Å². The van der Waals surface area contributed by atoms with Gasteiger partial charge >= 0.3 is 0 Å². The molecule has 0 bridgehead atoms. The second kappa shape index (κ2) is 10.5. The van der Waals surface area contributed by atoms with Gasteiger partial charge in [-0.05, 0) is 48.4 Å². The third-order valence-electron chi connectivity index (χ3n) is 4.13. The molecular weight excluding hydrogens is 448 g/mol. The van der Waals surface area contributed by atoms with Crippen LogP contribution < -0.4 is 20.3 Å². The van der Waals surface area contributed by atoms with Crippen molar-refractivity contribution >= 4 is 27.7 Å². The third-order valence-corrected chi connectivity index (χ3v) is 4.63. The predicted octanol–water partition coefficient (Wildman–Crippen LogP) is 4.35. The molecule has 0 saturated heterocycles. The lowest BCUT2D eigenvalue weighted by Crippen LogP contribution is -2.43. The van der Waals surface area contributed by atoms with E-state index in [0.717, 1.165) is 15.6 Å². The first-order valence-electron chi connectivity index (χ1n) is 9.36. The molecule has 0 aliphatic rings. The smallest absolute Gasteiger partial charge is 0.276 e. The Morgan fingerprint density at radius 1 is 0.867 bits per heavy atom. The maximum absolute atomic E-state index is 12.4. The Morgan fingerprint density at radius 3 is 2.27 bits per heavy atom. The number of rotatable bonds is 7. The number of hydrazine groups is 1. The van der Waals surface area contributed by atoms with E-state index >= 15 is 0 Å². The van der Waals surface area contributed by atoms with Crippen LogP contribution in [-0.4, -0.2) is 25.0 Å². The molecule has 3 aromatic rings.